The Morgan fingerprint density at radius 2 is 2.00 bits per heavy atom. The van der Waals surface area contributed by atoms with Crippen LogP contribution in [0.4, 0.5) is 5.69 Å². The third kappa shape index (κ3) is 3.02. The number of aromatic carboxylic acids is 1. The normalized spacial score (nSPS) is 22.9. The van der Waals surface area contributed by atoms with Gasteiger partial charge in [0.05, 0.1) is 11.3 Å². The molecular weight excluding hydrogens is 295 g/mol. The minimum Gasteiger partial charge on any atom is -0.478 e. The number of piperidine rings is 1. The minimum absolute atomic E-state index is 0.111. The Labute approximate surface area is 121 Å². The summed E-state index contributed by atoms with van der Waals surface area (Å²) in [5.41, 5.74) is 6.49. The number of carboxylic acid groups (broad SMARTS) is 1. The number of hydrogen-bond acceptors (Lipinski definition) is 5. The minimum atomic E-state index is -2.29. The lowest BCUT2D eigenvalue weighted by molar-refractivity contribution is -0.136. The van der Waals surface area contributed by atoms with Crippen molar-refractivity contribution in [1.82, 2.24) is 5.01 Å². The van der Waals surface area contributed by atoms with Gasteiger partial charge in [0, 0.05) is 13.0 Å². The summed E-state index contributed by atoms with van der Waals surface area (Å²) in [6.45, 7) is 0.383. The predicted octanol–water partition coefficient (Wildman–Crippen LogP) is 0.690. The van der Waals surface area contributed by atoms with Gasteiger partial charge in [-0.1, -0.05) is 0 Å². The van der Waals surface area contributed by atoms with Gasteiger partial charge in [-0.3, -0.25) is 15.5 Å². The van der Waals surface area contributed by atoms with Crippen molar-refractivity contribution < 1.29 is 19.3 Å². The van der Waals surface area contributed by atoms with Crippen molar-refractivity contribution in [2.24, 2.45) is 11.6 Å². The molecule has 1 fully saturated rings. The number of hydrogen-bond donors (Lipinski definition) is 4. The summed E-state index contributed by atoms with van der Waals surface area (Å²) in [7, 11) is -2.29. The number of carbonyl (C=O) groups excluding carboxylic acids is 1. The van der Waals surface area contributed by atoms with E-state index in [4.69, 9.17) is 16.7 Å². The molecule has 1 aliphatic heterocycles. The van der Waals surface area contributed by atoms with E-state index in [0.29, 0.717) is 18.7 Å². The summed E-state index contributed by atoms with van der Waals surface area (Å²) < 4.78 is 12.4. The van der Waals surface area contributed by atoms with Crippen molar-refractivity contribution in [3.63, 3.8) is 0 Å². The Hall–Kier alpha value is -2.02. The molecule has 6 N–H and O–H groups in total. The van der Waals surface area contributed by atoms with E-state index in [0.717, 1.165) is 5.01 Å². The van der Waals surface area contributed by atoms with Gasteiger partial charge in [-0.05, 0) is 35.3 Å². The number of hydrazine groups is 1. The van der Waals surface area contributed by atoms with Crippen LogP contribution in [0.15, 0.2) is 24.3 Å². The van der Waals surface area contributed by atoms with Crippen LogP contribution in [0.2, 0.25) is 0 Å². The first-order chi connectivity index (χ1) is 9.84. The quantitative estimate of drug-likeness (QED) is 0.364. The first kappa shape index (κ1) is 15.4. The smallest absolute Gasteiger partial charge is 0.478 e. The molecule has 1 amide bonds. The number of rotatable bonds is 4. The van der Waals surface area contributed by atoms with Crippen LogP contribution in [0.3, 0.4) is 0 Å². The summed E-state index contributed by atoms with van der Waals surface area (Å²) in [4.78, 5) is 22.7. The monoisotopic (exact) mass is 311 g/mol. The first-order valence-electron chi connectivity index (χ1n) is 6.27. The maximum atomic E-state index is 12.4. The fourth-order valence-corrected chi connectivity index (χ4v) is 3.32. The Bertz CT molecular complexity index is 591. The molecular formula is C12H16N4O4P+. The molecule has 2 atom stereocenters. The summed E-state index contributed by atoms with van der Waals surface area (Å²) in [5.74, 6) is 3.90. The van der Waals surface area contributed by atoms with Gasteiger partial charge in [0.2, 0.25) is 0 Å². The van der Waals surface area contributed by atoms with E-state index in [-0.39, 0.29) is 12.0 Å². The zero-order valence-electron chi connectivity index (χ0n) is 11.2. The Morgan fingerprint density at radius 1 is 1.38 bits per heavy atom. The highest BCUT2D eigenvalue weighted by atomic mass is 31.1. The molecule has 8 nitrogen and oxygen atoms in total. The second-order valence-corrected chi connectivity index (χ2v) is 6.43. The van der Waals surface area contributed by atoms with Crippen molar-refractivity contribution in [3.05, 3.63) is 29.8 Å². The summed E-state index contributed by atoms with van der Waals surface area (Å²) in [6.07, 6.45) is 0.842. The number of carboxylic acids is 1. The molecule has 0 aromatic heterocycles. The molecule has 9 heteroatoms. The van der Waals surface area contributed by atoms with Crippen LogP contribution < -0.4 is 16.7 Å². The van der Waals surface area contributed by atoms with E-state index in [1.54, 1.807) is 0 Å². The van der Waals surface area contributed by atoms with E-state index >= 15 is 0 Å². The SMILES string of the molecule is NN1CCC[C@](N)([P+](=O)Nc2ccc(C(=O)O)cc2)C1=O. The van der Waals surface area contributed by atoms with Gasteiger partial charge in [-0.15, -0.1) is 0 Å². The van der Waals surface area contributed by atoms with Gasteiger partial charge in [-0.2, -0.15) is 5.09 Å². The molecule has 2 rings (SSSR count). The summed E-state index contributed by atoms with van der Waals surface area (Å²) >= 11 is 0. The maximum absolute atomic E-state index is 12.4. The number of nitrogens with zero attached hydrogens (tertiary/aromatic N) is 1. The van der Waals surface area contributed by atoms with Gasteiger partial charge < -0.3 is 5.11 Å². The number of benzene rings is 1. The first-order valence-corrected chi connectivity index (χ1v) is 7.53. The number of anilines is 1. The van der Waals surface area contributed by atoms with Gasteiger partial charge in [0.1, 0.15) is 0 Å². The van der Waals surface area contributed by atoms with Crippen molar-refractivity contribution in [2.75, 3.05) is 11.6 Å². The van der Waals surface area contributed by atoms with E-state index in [9.17, 15) is 14.2 Å². The Kier molecular flexibility index (Phi) is 4.22. The Balaban J connectivity index is 2.13. The van der Waals surface area contributed by atoms with Crippen LogP contribution in [-0.4, -0.2) is 33.8 Å². The molecule has 1 aliphatic rings. The van der Waals surface area contributed by atoms with Gasteiger partial charge in [0.15, 0.2) is 0 Å². The number of amides is 1. The highest BCUT2D eigenvalue weighted by Crippen LogP contribution is 2.41. The summed E-state index contributed by atoms with van der Waals surface area (Å²) in [5, 5.41) is 10.9. The molecule has 0 aliphatic carbocycles. The summed E-state index contributed by atoms with van der Waals surface area (Å²) in [6, 6.07) is 5.67. The zero-order valence-corrected chi connectivity index (χ0v) is 12.0. The molecule has 21 heavy (non-hydrogen) atoms. The van der Waals surface area contributed by atoms with E-state index in [2.05, 4.69) is 5.09 Å². The van der Waals surface area contributed by atoms with Gasteiger partial charge in [0.25, 0.3) is 0 Å². The fourth-order valence-electron chi connectivity index (χ4n) is 2.07. The molecule has 1 heterocycles. The van der Waals surface area contributed by atoms with Crippen molar-refractivity contribution in [3.8, 4) is 0 Å². The zero-order chi connectivity index (χ0) is 15.6. The lowest BCUT2D eigenvalue weighted by Crippen LogP contribution is -2.59. The largest absolute Gasteiger partial charge is 0.492 e. The van der Waals surface area contributed by atoms with Crippen molar-refractivity contribution >= 4 is 25.5 Å². The second-order valence-electron chi connectivity index (χ2n) is 4.82. The van der Waals surface area contributed by atoms with Crippen LogP contribution in [0, 0.1) is 0 Å². The standard InChI is InChI=1S/C12H15N4O4P/c13-12(6-1-7-16(14)11(12)19)21(20)15-9-4-2-8(3-5-9)10(17)18/h2-5H,1,6-7,13-14H2,(H-,15,17,18,20)/p+1/t12-/m0/s1. The topological polar surface area (TPSA) is 139 Å². The molecule has 1 aromatic carbocycles. The van der Waals surface area contributed by atoms with E-state index in [1.807, 2.05) is 0 Å². The number of nitrogens with two attached hydrogens (primary N) is 2. The fraction of sp³-hybridized carbons (Fsp3) is 0.333. The predicted molar refractivity (Wildman–Crippen MR) is 76.7 cm³/mol. The highest BCUT2D eigenvalue weighted by Gasteiger charge is 2.56. The van der Waals surface area contributed by atoms with Gasteiger partial charge >= 0.3 is 25.1 Å². The van der Waals surface area contributed by atoms with E-state index in [1.165, 1.54) is 24.3 Å². The average Bonchev–Trinajstić information content (AvgIpc) is 2.45. The molecule has 1 aromatic rings. The van der Waals surface area contributed by atoms with Crippen LogP contribution in [0.5, 0.6) is 0 Å². The molecule has 1 unspecified atom stereocenters. The highest BCUT2D eigenvalue weighted by molar-refractivity contribution is 7.49. The van der Waals surface area contributed by atoms with Crippen LogP contribution in [0.1, 0.15) is 23.2 Å². The third-order valence-corrected chi connectivity index (χ3v) is 4.91. The molecule has 0 spiro atoms. The number of nitrogens with one attached hydrogen (secondary N) is 1. The van der Waals surface area contributed by atoms with Crippen LogP contribution >= 0.6 is 7.95 Å². The lowest BCUT2D eigenvalue weighted by atomic mass is 10.1. The molecule has 0 saturated carbocycles. The molecule has 112 valence electrons. The third-order valence-electron chi connectivity index (χ3n) is 3.31. The van der Waals surface area contributed by atoms with Crippen LogP contribution in [0.25, 0.3) is 0 Å². The van der Waals surface area contributed by atoms with Crippen molar-refractivity contribution in [2.45, 2.75) is 18.1 Å². The Morgan fingerprint density at radius 3 is 2.57 bits per heavy atom. The van der Waals surface area contributed by atoms with E-state index < -0.39 is 25.1 Å². The van der Waals surface area contributed by atoms with Crippen LogP contribution in [-0.2, 0) is 9.36 Å². The van der Waals surface area contributed by atoms with Gasteiger partial charge in [-0.25, -0.2) is 10.6 Å². The second kappa shape index (κ2) is 5.77. The maximum Gasteiger partial charge on any atom is 0.492 e. The molecule has 0 radical (unpaired) electrons. The lowest BCUT2D eigenvalue weighted by Gasteiger charge is -2.29. The average molecular weight is 311 g/mol. The molecule has 1 saturated heterocycles. The number of carbonyl (C=O) groups is 2. The van der Waals surface area contributed by atoms with Crippen molar-refractivity contribution in [1.29, 1.82) is 0 Å². The molecule has 0 bridgehead atoms.